The Balaban J connectivity index is 1.60. The quantitative estimate of drug-likeness (QED) is 0.371. The second-order valence-electron chi connectivity index (χ2n) is 6.26. The first-order valence-corrected chi connectivity index (χ1v) is 9.18. The molecule has 2 N–H and O–H groups in total. The number of fused-ring (bicyclic) bond motifs is 1. The summed E-state index contributed by atoms with van der Waals surface area (Å²) in [7, 11) is 0. The molecule has 3 aromatic carbocycles. The van der Waals surface area contributed by atoms with Gasteiger partial charge in [0.15, 0.2) is 11.6 Å². The standard InChI is InChI=1S/C21H12ClF3N4O2/c22-11-2-1-3-12(8-11)28-21(30)29-17-10-14(23)18(24)20(19(17)25)31-13-4-5-15-16(9-13)27-7-6-26-15/h1-10H,(H2,28,29,30). The molecule has 1 heterocycles. The van der Waals surface area contributed by atoms with Gasteiger partial charge in [-0.2, -0.15) is 4.39 Å². The summed E-state index contributed by atoms with van der Waals surface area (Å²) in [6.07, 6.45) is 2.93. The monoisotopic (exact) mass is 444 g/mol. The lowest BCUT2D eigenvalue weighted by molar-refractivity contribution is 0.262. The van der Waals surface area contributed by atoms with Crippen LogP contribution >= 0.6 is 11.6 Å². The van der Waals surface area contributed by atoms with Crippen molar-refractivity contribution in [1.29, 1.82) is 0 Å². The molecule has 0 saturated carbocycles. The zero-order valence-corrected chi connectivity index (χ0v) is 16.3. The van der Waals surface area contributed by atoms with Gasteiger partial charge < -0.3 is 15.4 Å². The van der Waals surface area contributed by atoms with Gasteiger partial charge in [0.2, 0.25) is 11.6 Å². The Morgan fingerprint density at radius 1 is 0.903 bits per heavy atom. The third-order valence-corrected chi connectivity index (χ3v) is 4.34. The van der Waals surface area contributed by atoms with Gasteiger partial charge in [-0.25, -0.2) is 13.6 Å². The van der Waals surface area contributed by atoms with Crippen molar-refractivity contribution in [3.05, 3.63) is 83.4 Å². The van der Waals surface area contributed by atoms with Crippen LogP contribution in [0.1, 0.15) is 0 Å². The number of amides is 2. The van der Waals surface area contributed by atoms with E-state index in [2.05, 4.69) is 20.6 Å². The maximum Gasteiger partial charge on any atom is 0.323 e. The van der Waals surface area contributed by atoms with Gasteiger partial charge in [-0.05, 0) is 30.3 Å². The van der Waals surface area contributed by atoms with E-state index in [9.17, 15) is 18.0 Å². The number of nitrogens with one attached hydrogen (secondary N) is 2. The fourth-order valence-corrected chi connectivity index (χ4v) is 2.93. The average Bonchev–Trinajstić information content (AvgIpc) is 2.75. The van der Waals surface area contributed by atoms with Crippen LogP contribution in [0.15, 0.2) is 60.9 Å². The number of anilines is 2. The number of aromatic nitrogens is 2. The van der Waals surface area contributed by atoms with E-state index in [1.54, 1.807) is 18.2 Å². The van der Waals surface area contributed by atoms with E-state index < -0.39 is 34.9 Å². The minimum absolute atomic E-state index is 0.00530. The van der Waals surface area contributed by atoms with Crippen molar-refractivity contribution in [2.24, 2.45) is 0 Å². The molecule has 0 spiro atoms. The van der Waals surface area contributed by atoms with E-state index in [4.69, 9.17) is 16.3 Å². The molecule has 0 fully saturated rings. The first-order valence-electron chi connectivity index (χ1n) is 8.80. The highest BCUT2D eigenvalue weighted by atomic mass is 35.5. The number of carbonyl (C=O) groups is 1. The lowest BCUT2D eigenvalue weighted by atomic mass is 10.2. The number of urea groups is 1. The molecule has 156 valence electrons. The van der Waals surface area contributed by atoms with Crippen molar-refractivity contribution in [3.8, 4) is 11.5 Å². The Hall–Kier alpha value is -3.85. The zero-order chi connectivity index (χ0) is 22.0. The van der Waals surface area contributed by atoms with Crippen LogP contribution in [0.25, 0.3) is 11.0 Å². The summed E-state index contributed by atoms with van der Waals surface area (Å²) in [4.78, 5) is 20.3. The Kier molecular flexibility index (Phi) is 5.59. The molecule has 4 rings (SSSR count). The summed E-state index contributed by atoms with van der Waals surface area (Å²) in [6, 6.07) is 10.1. The fourth-order valence-electron chi connectivity index (χ4n) is 2.74. The maximum absolute atomic E-state index is 14.9. The number of nitrogens with zero attached hydrogens (tertiary/aromatic N) is 2. The molecule has 0 bridgehead atoms. The molecule has 0 aliphatic heterocycles. The highest BCUT2D eigenvalue weighted by Crippen LogP contribution is 2.34. The Labute approximate surface area is 178 Å². The van der Waals surface area contributed by atoms with Crippen molar-refractivity contribution in [1.82, 2.24) is 9.97 Å². The molecular formula is C21H12ClF3N4O2. The third-order valence-electron chi connectivity index (χ3n) is 4.11. The van der Waals surface area contributed by atoms with E-state index in [0.717, 1.165) is 0 Å². The first-order chi connectivity index (χ1) is 14.9. The van der Waals surface area contributed by atoms with E-state index in [-0.39, 0.29) is 5.75 Å². The van der Waals surface area contributed by atoms with Crippen molar-refractivity contribution in [2.45, 2.75) is 0 Å². The van der Waals surface area contributed by atoms with Crippen LogP contribution in [-0.4, -0.2) is 16.0 Å². The summed E-state index contributed by atoms with van der Waals surface area (Å²) >= 11 is 5.84. The van der Waals surface area contributed by atoms with Crippen LogP contribution in [0, 0.1) is 17.5 Å². The van der Waals surface area contributed by atoms with Gasteiger partial charge >= 0.3 is 6.03 Å². The van der Waals surface area contributed by atoms with E-state index in [1.807, 2.05) is 0 Å². The second kappa shape index (κ2) is 8.49. The first kappa shape index (κ1) is 20.4. The third kappa shape index (κ3) is 4.51. The van der Waals surface area contributed by atoms with Gasteiger partial charge in [-0.1, -0.05) is 17.7 Å². The number of hydrogen-bond acceptors (Lipinski definition) is 4. The van der Waals surface area contributed by atoms with Gasteiger partial charge in [-0.3, -0.25) is 9.97 Å². The smallest absolute Gasteiger partial charge is 0.323 e. The summed E-state index contributed by atoms with van der Waals surface area (Å²) in [5.41, 5.74) is 0.655. The van der Waals surface area contributed by atoms with Crippen molar-refractivity contribution < 1.29 is 22.7 Å². The molecule has 0 aliphatic rings. The van der Waals surface area contributed by atoms with Gasteiger partial charge in [0.1, 0.15) is 5.75 Å². The molecule has 2 amide bonds. The van der Waals surface area contributed by atoms with Crippen LogP contribution in [0.5, 0.6) is 11.5 Å². The minimum atomic E-state index is -1.54. The highest BCUT2D eigenvalue weighted by molar-refractivity contribution is 6.30. The summed E-state index contributed by atoms with van der Waals surface area (Å²) in [5, 5.41) is 4.90. The van der Waals surface area contributed by atoms with Gasteiger partial charge in [0.05, 0.1) is 16.7 Å². The molecule has 31 heavy (non-hydrogen) atoms. The molecule has 1 aromatic heterocycles. The number of benzene rings is 3. The van der Waals surface area contributed by atoms with Gasteiger partial charge in [0.25, 0.3) is 0 Å². The molecule has 0 saturated heterocycles. The molecular weight excluding hydrogens is 433 g/mol. The van der Waals surface area contributed by atoms with Gasteiger partial charge in [-0.15, -0.1) is 0 Å². The topological polar surface area (TPSA) is 76.1 Å². The number of ether oxygens (including phenoxy) is 1. The maximum atomic E-state index is 14.9. The van der Waals surface area contributed by atoms with Crippen molar-refractivity contribution in [3.63, 3.8) is 0 Å². The van der Waals surface area contributed by atoms with Crippen LogP contribution in [-0.2, 0) is 0 Å². The zero-order valence-electron chi connectivity index (χ0n) is 15.5. The molecule has 0 unspecified atom stereocenters. The lowest BCUT2D eigenvalue weighted by Crippen LogP contribution is -2.20. The average molecular weight is 445 g/mol. The molecule has 10 heteroatoms. The Bertz CT molecular complexity index is 1300. The van der Waals surface area contributed by atoms with E-state index >= 15 is 0 Å². The number of carbonyl (C=O) groups excluding carboxylic acids is 1. The molecule has 0 radical (unpaired) electrons. The Morgan fingerprint density at radius 2 is 1.68 bits per heavy atom. The minimum Gasteiger partial charge on any atom is -0.451 e. The van der Waals surface area contributed by atoms with Crippen molar-refractivity contribution in [2.75, 3.05) is 10.6 Å². The molecule has 4 aromatic rings. The molecule has 6 nitrogen and oxygen atoms in total. The van der Waals surface area contributed by atoms with Crippen molar-refractivity contribution >= 4 is 40.0 Å². The SMILES string of the molecule is O=C(Nc1cccc(Cl)c1)Nc1cc(F)c(F)c(Oc2ccc3nccnc3c2)c1F. The van der Waals surface area contributed by atoms with E-state index in [1.165, 1.54) is 36.7 Å². The molecule has 0 aliphatic carbocycles. The normalized spacial score (nSPS) is 10.7. The largest absolute Gasteiger partial charge is 0.451 e. The number of halogens is 4. The predicted molar refractivity (Wildman–Crippen MR) is 110 cm³/mol. The van der Waals surface area contributed by atoms with Gasteiger partial charge in [0, 0.05) is 35.2 Å². The number of rotatable bonds is 4. The molecule has 0 atom stereocenters. The summed E-state index contributed by atoms with van der Waals surface area (Å²) < 4.78 is 48.4. The fraction of sp³-hybridized carbons (Fsp3) is 0. The Morgan fingerprint density at radius 3 is 2.45 bits per heavy atom. The van der Waals surface area contributed by atoms with Crippen LogP contribution in [0.2, 0.25) is 5.02 Å². The van der Waals surface area contributed by atoms with Crippen LogP contribution < -0.4 is 15.4 Å². The number of hydrogen-bond donors (Lipinski definition) is 2. The summed E-state index contributed by atoms with van der Waals surface area (Å²) in [5.74, 6) is -5.25. The lowest BCUT2D eigenvalue weighted by Gasteiger charge is -2.13. The second-order valence-corrected chi connectivity index (χ2v) is 6.70. The predicted octanol–water partition coefficient (Wildman–Crippen LogP) is 6.14. The highest BCUT2D eigenvalue weighted by Gasteiger charge is 2.22. The van der Waals surface area contributed by atoms with Crippen LogP contribution in [0.3, 0.4) is 0 Å². The summed E-state index contributed by atoms with van der Waals surface area (Å²) in [6.45, 7) is 0. The van der Waals surface area contributed by atoms with Crippen LogP contribution in [0.4, 0.5) is 29.3 Å². The van der Waals surface area contributed by atoms with E-state index in [0.29, 0.717) is 27.8 Å².